The first-order valence-corrected chi connectivity index (χ1v) is 10.4. The second-order valence-electron chi connectivity index (χ2n) is 6.74. The monoisotopic (exact) mass is 448 g/mol. The Morgan fingerprint density at radius 2 is 2.03 bits per heavy atom. The Labute approximate surface area is 185 Å². The third-order valence-electron chi connectivity index (χ3n) is 4.64. The van der Waals surface area contributed by atoms with E-state index in [0.29, 0.717) is 46.1 Å². The topological polar surface area (TPSA) is 81.0 Å². The maximum absolute atomic E-state index is 12.8. The lowest BCUT2D eigenvalue weighted by atomic mass is 9.83. The van der Waals surface area contributed by atoms with E-state index in [1.807, 2.05) is 19.9 Å². The standard InChI is InChI=1S/C22H22Cl2N2O4/c1-3-16(26-29-4-2)22-18(27)10-13(11-19(22)28)17-6-5-7-21(25-17)30-20-9-8-14(23)12-15(20)24/h5-9,12-13,27H,3-4,10-11H2,1-2H3/b26-16+. The molecule has 6 nitrogen and oxygen atoms in total. The van der Waals surface area contributed by atoms with Crippen molar-refractivity contribution in [1.82, 2.24) is 4.98 Å². The quantitative estimate of drug-likeness (QED) is 0.400. The average molecular weight is 449 g/mol. The zero-order valence-electron chi connectivity index (χ0n) is 16.7. The first kappa shape index (κ1) is 22.1. The van der Waals surface area contributed by atoms with E-state index < -0.39 is 0 Å². The van der Waals surface area contributed by atoms with Gasteiger partial charge in [-0.3, -0.25) is 4.79 Å². The molecule has 0 radical (unpaired) electrons. The number of hydrogen-bond acceptors (Lipinski definition) is 6. The van der Waals surface area contributed by atoms with E-state index in [1.165, 1.54) is 0 Å². The Morgan fingerprint density at radius 3 is 2.70 bits per heavy atom. The molecule has 0 fully saturated rings. The number of benzene rings is 1. The van der Waals surface area contributed by atoms with E-state index in [1.54, 1.807) is 30.3 Å². The summed E-state index contributed by atoms with van der Waals surface area (Å²) < 4.78 is 5.77. The number of allylic oxidation sites excluding steroid dienone is 2. The van der Waals surface area contributed by atoms with Crippen LogP contribution in [0.5, 0.6) is 11.6 Å². The van der Waals surface area contributed by atoms with Gasteiger partial charge in [0.05, 0.1) is 16.3 Å². The Bertz CT molecular complexity index is 1000. The number of hydrogen-bond donors (Lipinski definition) is 1. The van der Waals surface area contributed by atoms with Crippen molar-refractivity contribution in [2.24, 2.45) is 5.16 Å². The molecule has 1 aromatic heterocycles. The van der Waals surface area contributed by atoms with Gasteiger partial charge >= 0.3 is 0 Å². The number of aromatic nitrogens is 1. The van der Waals surface area contributed by atoms with Crippen LogP contribution < -0.4 is 4.74 Å². The number of ketones is 1. The summed E-state index contributed by atoms with van der Waals surface area (Å²) in [5, 5.41) is 15.4. The van der Waals surface area contributed by atoms with Gasteiger partial charge in [0, 0.05) is 35.5 Å². The van der Waals surface area contributed by atoms with Crippen molar-refractivity contribution < 1.29 is 19.5 Å². The van der Waals surface area contributed by atoms with Crippen LogP contribution in [0.1, 0.15) is 44.7 Å². The lowest BCUT2D eigenvalue weighted by Gasteiger charge is -2.23. The molecule has 1 unspecified atom stereocenters. The van der Waals surface area contributed by atoms with Crippen molar-refractivity contribution in [1.29, 1.82) is 0 Å². The SMILES string of the molecule is CCO/N=C(\CC)C1=C(O)CC(c2cccc(Oc3ccc(Cl)cc3Cl)n2)CC1=O. The molecule has 1 N–H and O–H groups in total. The third kappa shape index (κ3) is 5.12. The fourth-order valence-electron chi connectivity index (χ4n) is 3.25. The number of pyridine rings is 1. The van der Waals surface area contributed by atoms with Gasteiger partial charge in [0.2, 0.25) is 5.88 Å². The smallest absolute Gasteiger partial charge is 0.219 e. The molecule has 3 rings (SSSR count). The third-order valence-corrected chi connectivity index (χ3v) is 5.17. The molecular formula is C22H22Cl2N2O4. The number of oxime groups is 1. The van der Waals surface area contributed by atoms with E-state index >= 15 is 0 Å². The summed E-state index contributed by atoms with van der Waals surface area (Å²) in [5.41, 5.74) is 1.36. The number of rotatable bonds is 7. The minimum atomic E-state index is -0.268. The highest BCUT2D eigenvalue weighted by molar-refractivity contribution is 6.35. The van der Waals surface area contributed by atoms with Crippen LogP contribution in [-0.4, -0.2) is 28.2 Å². The molecule has 1 aliphatic carbocycles. The summed E-state index contributed by atoms with van der Waals surface area (Å²) in [5.74, 6) is 0.319. The van der Waals surface area contributed by atoms with Crippen molar-refractivity contribution in [2.75, 3.05) is 6.61 Å². The summed E-state index contributed by atoms with van der Waals surface area (Å²) in [4.78, 5) is 22.4. The Morgan fingerprint density at radius 1 is 1.23 bits per heavy atom. The van der Waals surface area contributed by atoms with Crippen LogP contribution in [0.2, 0.25) is 10.0 Å². The van der Waals surface area contributed by atoms with Crippen molar-refractivity contribution in [3.8, 4) is 11.6 Å². The molecular weight excluding hydrogens is 427 g/mol. The zero-order chi connectivity index (χ0) is 21.7. The molecule has 1 atom stereocenters. The van der Waals surface area contributed by atoms with Crippen LogP contribution in [0.15, 0.2) is 52.9 Å². The first-order chi connectivity index (χ1) is 14.4. The molecule has 0 aliphatic heterocycles. The minimum absolute atomic E-state index is 0.00502. The van der Waals surface area contributed by atoms with Crippen molar-refractivity contribution >= 4 is 34.7 Å². The van der Waals surface area contributed by atoms with Crippen LogP contribution in [0.4, 0.5) is 0 Å². The maximum atomic E-state index is 12.8. The molecule has 1 aliphatic rings. The summed E-state index contributed by atoms with van der Waals surface area (Å²) in [6.07, 6.45) is 0.978. The fourth-order valence-corrected chi connectivity index (χ4v) is 3.69. The molecule has 1 aromatic carbocycles. The number of halogens is 2. The van der Waals surface area contributed by atoms with Crippen LogP contribution in [0.3, 0.4) is 0 Å². The van der Waals surface area contributed by atoms with E-state index in [-0.39, 0.29) is 35.9 Å². The largest absolute Gasteiger partial charge is 0.511 e. The fraction of sp³-hybridized carbons (Fsp3) is 0.318. The van der Waals surface area contributed by atoms with E-state index in [9.17, 15) is 9.90 Å². The summed E-state index contributed by atoms with van der Waals surface area (Å²) >= 11 is 12.1. The molecule has 0 spiro atoms. The second kappa shape index (κ2) is 9.96. The summed E-state index contributed by atoms with van der Waals surface area (Å²) in [7, 11) is 0. The van der Waals surface area contributed by atoms with Crippen LogP contribution in [0.25, 0.3) is 0 Å². The van der Waals surface area contributed by atoms with Gasteiger partial charge in [-0.25, -0.2) is 4.98 Å². The van der Waals surface area contributed by atoms with Gasteiger partial charge < -0.3 is 14.7 Å². The molecule has 0 saturated heterocycles. The molecule has 0 saturated carbocycles. The number of carbonyl (C=O) groups is 1. The van der Waals surface area contributed by atoms with Gasteiger partial charge in [-0.15, -0.1) is 0 Å². The van der Waals surface area contributed by atoms with Crippen molar-refractivity contribution in [3.05, 3.63) is 63.5 Å². The highest BCUT2D eigenvalue weighted by Gasteiger charge is 2.32. The molecule has 2 aromatic rings. The molecule has 158 valence electrons. The summed E-state index contributed by atoms with van der Waals surface area (Å²) in [6.45, 7) is 4.06. The number of aliphatic hydroxyl groups is 1. The number of aliphatic hydroxyl groups excluding tert-OH is 1. The molecule has 8 heteroatoms. The molecule has 0 amide bonds. The predicted octanol–water partition coefficient (Wildman–Crippen LogP) is 6.24. The second-order valence-corrected chi connectivity index (χ2v) is 7.58. The molecule has 0 bridgehead atoms. The van der Waals surface area contributed by atoms with E-state index in [2.05, 4.69) is 10.1 Å². The van der Waals surface area contributed by atoms with Gasteiger partial charge in [0.1, 0.15) is 18.1 Å². The first-order valence-electron chi connectivity index (χ1n) is 9.67. The highest BCUT2D eigenvalue weighted by Crippen LogP contribution is 2.35. The number of carbonyl (C=O) groups excluding carboxylic acids is 1. The molecule has 30 heavy (non-hydrogen) atoms. The van der Waals surface area contributed by atoms with Crippen LogP contribution >= 0.6 is 23.2 Å². The highest BCUT2D eigenvalue weighted by atomic mass is 35.5. The van der Waals surface area contributed by atoms with Gasteiger partial charge in [-0.05, 0) is 37.6 Å². The van der Waals surface area contributed by atoms with Crippen molar-refractivity contribution in [2.45, 2.75) is 39.0 Å². The Balaban J connectivity index is 1.82. The van der Waals surface area contributed by atoms with Crippen molar-refractivity contribution in [3.63, 3.8) is 0 Å². The molecule has 1 heterocycles. The number of Topliss-reactive ketones (excluding diaryl/α,β-unsaturated/α-hetero) is 1. The lowest BCUT2D eigenvalue weighted by Crippen LogP contribution is -2.24. The summed E-state index contributed by atoms with van der Waals surface area (Å²) in [6, 6.07) is 10.2. The zero-order valence-corrected chi connectivity index (χ0v) is 18.2. The predicted molar refractivity (Wildman–Crippen MR) is 117 cm³/mol. The van der Waals surface area contributed by atoms with E-state index in [4.69, 9.17) is 32.8 Å². The van der Waals surface area contributed by atoms with E-state index in [0.717, 1.165) is 0 Å². The lowest BCUT2D eigenvalue weighted by molar-refractivity contribution is -0.116. The Hall–Kier alpha value is -2.57. The minimum Gasteiger partial charge on any atom is -0.511 e. The number of ether oxygens (including phenoxy) is 1. The van der Waals surface area contributed by atoms with Gasteiger partial charge in [-0.2, -0.15) is 0 Å². The van der Waals surface area contributed by atoms with Gasteiger partial charge in [0.15, 0.2) is 5.78 Å². The maximum Gasteiger partial charge on any atom is 0.219 e. The van der Waals surface area contributed by atoms with Crippen LogP contribution in [-0.2, 0) is 9.63 Å². The number of nitrogens with zero attached hydrogens (tertiary/aromatic N) is 2. The van der Waals surface area contributed by atoms with Gasteiger partial charge in [-0.1, -0.05) is 41.3 Å². The average Bonchev–Trinajstić information content (AvgIpc) is 2.72. The normalized spacial score (nSPS) is 17.3. The van der Waals surface area contributed by atoms with Crippen LogP contribution in [0, 0.1) is 0 Å². The Kier molecular flexibility index (Phi) is 7.34. The van der Waals surface area contributed by atoms with Gasteiger partial charge in [0.25, 0.3) is 0 Å².